The molecule has 0 bridgehead atoms. The molecular formula is C36H57NO6. The molecule has 2 aromatic rings. The Bertz CT molecular complexity index is 1160. The molecule has 0 aliphatic carbocycles. The Morgan fingerprint density at radius 3 is 1.79 bits per heavy atom. The molecule has 2 aromatic carbocycles. The number of fused-ring (bicyclic) bond motifs is 2. The highest BCUT2D eigenvalue weighted by atomic mass is 16.5. The van der Waals surface area contributed by atoms with Gasteiger partial charge in [-0.2, -0.15) is 0 Å². The van der Waals surface area contributed by atoms with Crippen LogP contribution in [-0.2, 0) is 0 Å². The van der Waals surface area contributed by atoms with Crippen molar-refractivity contribution in [3.05, 3.63) is 35.4 Å². The van der Waals surface area contributed by atoms with Crippen LogP contribution in [0.1, 0.15) is 135 Å². The molecule has 242 valence electrons. The van der Waals surface area contributed by atoms with Crippen molar-refractivity contribution in [3.63, 3.8) is 0 Å². The van der Waals surface area contributed by atoms with Gasteiger partial charge in [-0.1, -0.05) is 58.8 Å². The quantitative estimate of drug-likeness (QED) is 0.198. The van der Waals surface area contributed by atoms with E-state index in [2.05, 4.69) is 46.9 Å². The molecule has 2 unspecified atom stereocenters. The number of hydrogen-bond acceptors (Lipinski definition) is 7. The van der Waals surface area contributed by atoms with Gasteiger partial charge in [-0.15, -0.1) is 0 Å². The van der Waals surface area contributed by atoms with E-state index in [4.69, 9.17) is 18.9 Å². The lowest BCUT2D eigenvalue weighted by atomic mass is 9.81. The van der Waals surface area contributed by atoms with Crippen LogP contribution in [0.3, 0.4) is 0 Å². The van der Waals surface area contributed by atoms with Gasteiger partial charge in [0, 0.05) is 35.7 Å². The number of benzene rings is 2. The number of phenols is 2. The number of ether oxygens (including phenoxy) is 4. The van der Waals surface area contributed by atoms with Crippen molar-refractivity contribution in [1.82, 2.24) is 5.32 Å². The Hall–Kier alpha value is -2.80. The molecule has 2 aliphatic rings. The zero-order valence-electron chi connectivity index (χ0n) is 28.0. The van der Waals surface area contributed by atoms with Crippen LogP contribution in [-0.4, -0.2) is 42.2 Å². The SMILES string of the molecule is CCCCCCC1CC(C)(C)Oc2cc(OC)c(O)cc21.CCCCCCNC1CC(C)(C)Oc2cc(OC)c(O)cc21. The number of unbranched alkanes of at least 4 members (excludes halogenated alkanes) is 6. The summed E-state index contributed by atoms with van der Waals surface area (Å²) in [7, 11) is 3.12. The first-order valence-electron chi connectivity index (χ1n) is 16.4. The zero-order chi connectivity index (χ0) is 31.6. The van der Waals surface area contributed by atoms with Crippen LogP contribution in [0.5, 0.6) is 34.5 Å². The summed E-state index contributed by atoms with van der Waals surface area (Å²) in [4.78, 5) is 0. The van der Waals surface area contributed by atoms with E-state index in [9.17, 15) is 10.2 Å². The van der Waals surface area contributed by atoms with E-state index in [1.54, 1.807) is 26.4 Å². The Morgan fingerprint density at radius 2 is 1.23 bits per heavy atom. The third-order valence-corrected chi connectivity index (χ3v) is 8.47. The highest BCUT2D eigenvalue weighted by Gasteiger charge is 2.35. The summed E-state index contributed by atoms with van der Waals surface area (Å²) in [6.45, 7) is 13.9. The van der Waals surface area contributed by atoms with Crippen molar-refractivity contribution >= 4 is 0 Å². The number of phenolic OH excluding ortho intramolecular Hbond substituents is 2. The number of methoxy groups -OCH3 is 2. The Labute approximate surface area is 260 Å². The van der Waals surface area contributed by atoms with E-state index in [-0.39, 0.29) is 28.7 Å². The minimum Gasteiger partial charge on any atom is -0.504 e. The predicted molar refractivity (Wildman–Crippen MR) is 174 cm³/mol. The lowest BCUT2D eigenvalue weighted by molar-refractivity contribution is 0.0654. The van der Waals surface area contributed by atoms with Gasteiger partial charge in [0.25, 0.3) is 0 Å². The number of hydrogen-bond donors (Lipinski definition) is 3. The molecule has 0 fully saturated rings. The first kappa shape index (κ1) is 34.7. The molecule has 3 N–H and O–H groups in total. The summed E-state index contributed by atoms with van der Waals surface area (Å²) in [5.74, 6) is 3.44. The van der Waals surface area contributed by atoms with E-state index in [0.29, 0.717) is 17.4 Å². The summed E-state index contributed by atoms with van der Waals surface area (Å²) in [6, 6.07) is 7.42. The maximum Gasteiger partial charge on any atom is 0.164 e. The van der Waals surface area contributed by atoms with Gasteiger partial charge in [-0.25, -0.2) is 0 Å². The summed E-state index contributed by atoms with van der Waals surface area (Å²) >= 11 is 0. The normalized spacial score (nSPS) is 19.5. The topological polar surface area (TPSA) is 89.4 Å². The van der Waals surface area contributed by atoms with Crippen LogP contribution in [0.25, 0.3) is 0 Å². The predicted octanol–water partition coefficient (Wildman–Crippen LogP) is 9.19. The van der Waals surface area contributed by atoms with E-state index < -0.39 is 0 Å². The Morgan fingerprint density at radius 1 is 0.721 bits per heavy atom. The number of aromatic hydroxyl groups is 2. The fourth-order valence-electron chi connectivity index (χ4n) is 6.30. The van der Waals surface area contributed by atoms with Gasteiger partial charge in [0.05, 0.1) is 14.2 Å². The molecule has 2 heterocycles. The average Bonchev–Trinajstić information content (AvgIpc) is 2.94. The van der Waals surface area contributed by atoms with Gasteiger partial charge < -0.3 is 34.5 Å². The van der Waals surface area contributed by atoms with Gasteiger partial charge in [0.2, 0.25) is 0 Å². The van der Waals surface area contributed by atoms with Gasteiger partial charge in [0.1, 0.15) is 22.7 Å². The second-order valence-electron chi connectivity index (χ2n) is 13.4. The molecule has 0 saturated carbocycles. The Kier molecular flexibility index (Phi) is 12.7. The largest absolute Gasteiger partial charge is 0.504 e. The molecule has 2 aliphatic heterocycles. The molecule has 7 heteroatoms. The molecule has 0 amide bonds. The van der Waals surface area contributed by atoms with Crippen LogP contribution >= 0.6 is 0 Å². The van der Waals surface area contributed by atoms with Gasteiger partial charge in [0.15, 0.2) is 23.0 Å². The van der Waals surface area contributed by atoms with Crippen LogP contribution in [0, 0.1) is 0 Å². The van der Waals surface area contributed by atoms with Gasteiger partial charge >= 0.3 is 0 Å². The Balaban J connectivity index is 0.000000236. The summed E-state index contributed by atoms with van der Waals surface area (Å²) in [5, 5.41) is 23.7. The van der Waals surface area contributed by atoms with Gasteiger partial charge in [-0.3, -0.25) is 0 Å². The molecule has 0 spiro atoms. The van der Waals surface area contributed by atoms with Crippen LogP contribution in [0.2, 0.25) is 0 Å². The fourth-order valence-corrected chi connectivity index (χ4v) is 6.30. The van der Waals surface area contributed by atoms with E-state index in [1.807, 2.05) is 12.1 Å². The molecule has 0 aromatic heterocycles. The summed E-state index contributed by atoms with van der Waals surface area (Å²) < 4.78 is 22.5. The zero-order valence-corrected chi connectivity index (χ0v) is 28.0. The first-order valence-corrected chi connectivity index (χ1v) is 16.4. The van der Waals surface area contributed by atoms with Crippen molar-refractivity contribution in [3.8, 4) is 34.5 Å². The van der Waals surface area contributed by atoms with E-state index >= 15 is 0 Å². The molecule has 0 saturated heterocycles. The van der Waals surface area contributed by atoms with Crippen molar-refractivity contribution in [1.29, 1.82) is 0 Å². The molecular weight excluding hydrogens is 542 g/mol. The second-order valence-corrected chi connectivity index (χ2v) is 13.4. The second kappa shape index (κ2) is 15.8. The molecule has 2 atom stereocenters. The standard InChI is InChI=1S/C18H29NO3.C18H28O3/c1-5-6-7-8-9-19-14-12-18(2,3)22-16-11-17(21-4)15(20)10-13(14)16;1-5-6-7-8-9-13-12-18(2,3)21-16-11-17(20-4)15(19)10-14(13)16/h10-11,14,19-20H,5-9,12H2,1-4H3;10-11,13,19H,5-9,12H2,1-4H3. The maximum atomic E-state index is 10.0. The highest BCUT2D eigenvalue weighted by molar-refractivity contribution is 5.53. The summed E-state index contributed by atoms with van der Waals surface area (Å²) in [5.41, 5.74) is 1.76. The van der Waals surface area contributed by atoms with Crippen LogP contribution < -0.4 is 24.3 Å². The lowest BCUT2D eigenvalue weighted by Gasteiger charge is -2.38. The minimum atomic E-state index is -0.226. The van der Waals surface area contributed by atoms with Crippen molar-refractivity contribution in [2.45, 2.75) is 135 Å². The molecule has 4 rings (SSSR count). The van der Waals surface area contributed by atoms with Crippen molar-refractivity contribution in [2.75, 3.05) is 20.8 Å². The highest BCUT2D eigenvalue weighted by Crippen LogP contribution is 2.47. The first-order chi connectivity index (χ1) is 20.4. The minimum absolute atomic E-state index is 0.162. The van der Waals surface area contributed by atoms with Crippen molar-refractivity contribution < 1.29 is 29.2 Å². The van der Waals surface area contributed by atoms with Crippen LogP contribution in [0.4, 0.5) is 0 Å². The molecule has 0 radical (unpaired) electrons. The monoisotopic (exact) mass is 599 g/mol. The van der Waals surface area contributed by atoms with Crippen molar-refractivity contribution in [2.24, 2.45) is 0 Å². The fraction of sp³-hybridized carbons (Fsp3) is 0.667. The number of rotatable bonds is 13. The van der Waals surface area contributed by atoms with Crippen LogP contribution in [0.15, 0.2) is 24.3 Å². The van der Waals surface area contributed by atoms with Gasteiger partial charge in [-0.05, 0) is 71.6 Å². The molecule has 43 heavy (non-hydrogen) atoms. The third kappa shape index (κ3) is 9.85. The van der Waals surface area contributed by atoms with E-state index in [1.165, 1.54) is 51.4 Å². The lowest BCUT2D eigenvalue weighted by Crippen LogP contribution is -2.39. The maximum absolute atomic E-state index is 10.0. The summed E-state index contributed by atoms with van der Waals surface area (Å²) in [6.07, 6.45) is 13.1. The average molecular weight is 600 g/mol. The number of nitrogens with one attached hydrogen (secondary N) is 1. The smallest absolute Gasteiger partial charge is 0.164 e. The van der Waals surface area contributed by atoms with E-state index in [0.717, 1.165) is 48.4 Å². The molecule has 7 nitrogen and oxygen atoms in total. The third-order valence-electron chi connectivity index (χ3n) is 8.47.